The molecule has 0 aromatic rings. The minimum atomic E-state index is -1.75. The van der Waals surface area contributed by atoms with Crippen LogP contribution in [0.2, 0.25) is 0 Å². The Morgan fingerprint density at radius 3 is 0.727 bits per heavy atom. The molecule has 0 spiro atoms. The van der Waals surface area contributed by atoms with E-state index in [9.17, 15) is 0 Å². The first kappa shape index (κ1) is 141. The molecule has 0 amide bonds. The molecule has 0 saturated heterocycles. The molecule has 0 aromatic carbocycles. The van der Waals surface area contributed by atoms with Gasteiger partial charge in [0.15, 0.2) is 0 Å². The van der Waals surface area contributed by atoms with Crippen LogP contribution in [0.25, 0.3) is 0 Å². The van der Waals surface area contributed by atoms with E-state index in [-0.39, 0.29) is 53.9 Å². The summed E-state index contributed by atoms with van der Waals surface area (Å²) in [5.41, 5.74) is 0. The zero-order valence-electron chi connectivity index (χ0n) is 4.99. The molecule has 0 radical (unpaired) electrons. The largest absolute Gasteiger partial charge is 0.412 e. The fourth-order valence-corrected chi connectivity index (χ4v) is 0. The van der Waals surface area contributed by atoms with Gasteiger partial charge in [-0.1, -0.05) is 0 Å². The molecule has 0 aliphatic carbocycles. The van der Waals surface area contributed by atoms with Crippen LogP contribution in [0, 0.1) is 15.3 Å². The molecule has 0 aliphatic heterocycles. The Balaban J connectivity index is -0.00000000214. The third-order valence-corrected chi connectivity index (χ3v) is 0. The van der Waals surface area contributed by atoms with E-state index in [0.29, 0.717) is 0 Å². The molecule has 11 heavy (non-hydrogen) atoms. The molecular formula is H12NO9Pt-. The van der Waals surface area contributed by atoms with Crippen LogP contribution >= 0.6 is 0 Å². The van der Waals surface area contributed by atoms with Crippen molar-refractivity contribution in [2.75, 3.05) is 0 Å². The van der Waals surface area contributed by atoms with Gasteiger partial charge in [0.2, 0.25) is 0 Å². The van der Waals surface area contributed by atoms with E-state index >= 15 is 0 Å². The molecule has 0 aliphatic rings. The van der Waals surface area contributed by atoms with Gasteiger partial charge in [-0.15, -0.1) is 0 Å². The quantitative estimate of drug-likeness (QED) is 0.301. The summed E-state index contributed by atoms with van der Waals surface area (Å²) in [7, 11) is 0. The van der Waals surface area contributed by atoms with E-state index < -0.39 is 5.09 Å². The second-order valence-corrected chi connectivity index (χ2v) is 0.224. The van der Waals surface area contributed by atoms with E-state index in [2.05, 4.69) is 0 Å². The number of hydrogen-bond acceptors (Lipinski definition) is 3. The maximum Gasteiger partial charge on any atom is 0.0689 e. The average molecular weight is 365 g/mol. The maximum absolute atomic E-state index is 8.25. The average Bonchev–Trinajstić information content (AvgIpc) is 0.811. The van der Waals surface area contributed by atoms with Crippen molar-refractivity contribution in [1.29, 1.82) is 0 Å². The smallest absolute Gasteiger partial charge is 0.0689 e. The summed E-state index contributed by atoms with van der Waals surface area (Å²) in [6, 6.07) is 0. The first-order valence-electron chi connectivity index (χ1n) is 0.548. The first-order valence-corrected chi connectivity index (χ1v) is 0.548. The molecule has 82 valence electrons. The van der Waals surface area contributed by atoms with Crippen LogP contribution in [0.5, 0.6) is 0 Å². The zero-order valence-corrected chi connectivity index (χ0v) is 7.26. The normalized spacial score (nSPS) is 2.18. The molecule has 0 unspecified atom stereocenters. The third-order valence-electron chi connectivity index (χ3n) is 0. The van der Waals surface area contributed by atoms with Gasteiger partial charge in [0.1, 0.15) is 0 Å². The van der Waals surface area contributed by atoms with Crippen LogP contribution in [0.15, 0.2) is 0 Å². The van der Waals surface area contributed by atoms with Gasteiger partial charge in [-0.3, -0.25) is 0 Å². The van der Waals surface area contributed by atoms with E-state index in [0.717, 1.165) is 0 Å². The van der Waals surface area contributed by atoms with Crippen molar-refractivity contribution in [2.45, 2.75) is 0 Å². The standard InChI is InChI=1S/NO3.6H2O.Pt/c2-1(3)4;;;;;;;/h;6*1H2;/q-1;;;;;;;. The minimum Gasteiger partial charge on any atom is -0.412 e. The summed E-state index contributed by atoms with van der Waals surface area (Å²) in [5.74, 6) is 0. The second kappa shape index (κ2) is 103. The molecule has 0 heterocycles. The van der Waals surface area contributed by atoms with Crippen molar-refractivity contribution >= 4 is 0 Å². The number of nitrogens with zero attached hydrogens (tertiary/aromatic N) is 1. The van der Waals surface area contributed by atoms with Gasteiger partial charge in [-0.05, 0) is 0 Å². The fraction of sp³-hybridized carbons (Fsp3) is 0. The Kier molecular flexibility index (Phi) is 1320. The van der Waals surface area contributed by atoms with Crippen LogP contribution < -0.4 is 0 Å². The Labute approximate surface area is 75.0 Å². The maximum atomic E-state index is 8.25. The summed E-state index contributed by atoms with van der Waals surface area (Å²) in [6.07, 6.45) is 0. The Morgan fingerprint density at radius 2 is 0.727 bits per heavy atom. The molecule has 0 saturated carbocycles. The number of hydrogen-bond donors (Lipinski definition) is 0. The molecule has 0 aromatic heterocycles. The minimum absolute atomic E-state index is 0. The van der Waals surface area contributed by atoms with Gasteiger partial charge in [0.25, 0.3) is 0 Å². The summed E-state index contributed by atoms with van der Waals surface area (Å²) < 4.78 is 0. The van der Waals surface area contributed by atoms with E-state index in [1.165, 1.54) is 0 Å². The van der Waals surface area contributed by atoms with Crippen molar-refractivity contribution in [1.82, 2.24) is 0 Å². The SMILES string of the molecule is O.O.O.O.O.O.O=[N+]([O-])[O-].[Pt]. The molecule has 12 N–H and O–H groups in total. The van der Waals surface area contributed by atoms with Gasteiger partial charge < -0.3 is 48.2 Å². The van der Waals surface area contributed by atoms with E-state index in [4.69, 9.17) is 15.3 Å². The molecule has 0 atom stereocenters. The van der Waals surface area contributed by atoms with Gasteiger partial charge in [0, 0.05) is 21.1 Å². The Bertz CT molecular complexity index is 32.5. The molecule has 11 heteroatoms. The van der Waals surface area contributed by atoms with Crippen LogP contribution in [-0.2, 0) is 21.1 Å². The van der Waals surface area contributed by atoms with Gasteiger partial charge in [-0.2, -0.15) is 0 Å². The predicted molar refractivity (Wildman–Crippen MR) is 32.0 cm³/mol. The van der Waals surface area contributed by atoms with Crippen molar-refractivity contribution in [3.05, 3.63) is 15.3 Å². The monoisotopic (exact) mass is 365 g/mol. The van der Waals surface area contributed by atoms with Crippen LogP contribution in [0.1, 0.15) is 0 Å². The summed E-state index contributed by atoms with van der Waals surface area (Å²) >= 11 is 0. The molecule has 10 nitrogen and oxygen atoms in total. The fourth-order valence-electron chi connectivity index (χ4n) is 0. The van der Waals surface area contributed by atoms with E-state index in [1.807, 2.05) is 0 Å². The third kappa shape index (κ3) is 4560. The summed E-state index contributed by atoms with van der Waals surface area (Å²) in [5, 5.41) is 14.8. The predicted octanol–water partition coefficient (Wildman–Crippen LogP) is -5.19. The number of rotatable bonds is 0. The molecule has 0 rings (SSSR count). The second-order valence-electron chi connectivity index (χ2n) is 0.224. The van der Waals surface area contributed by atoms with Crippen molar-refractivity contribution in [3.63, 3.8) is 0 Å². The van der Waals surface area contributed by atoms with Gasteiger partial charge in [0.05, 0.1) is 5.09 Å². The topological polar surface area (TPSA) is 255 Å². The van der Waals surface area contributed by atoms with Crippen LogP contribution in [0.3, 0.4) is 0 Å². The van der Waals surface area contributed by atoms with Gasteiger partial charge in [-0.25, -0.2) is 0 Å². The molecule has 0 bridgehead atoms. The Morgan fingerprint density at radius 1 is 0.727 bits per heavy atom. The summed E-state index contributed by atoms with van der Waals surface area (Å²) in [6.45, 7) is 0. The molecule has 0 fully saturated rings. The first-order chi connectivity index (χ1) is 1.73. The van der Waals surface area contributed by atoms with E-state index in [1.54, 1.807) is 0 Å². The molecular weight excluding hydrogens is 353 g/mol. The zero-order chi connectivity index (χ0) is 3.58. The van der Waals surface area contributed by atoms with Crippen LogP contribution in [0.4, 0.5) is 0 Å². The van der Waals surface area contributed by atoms with Crippen molar-refractivity contribution in [3.8, 4) is 0 Å². The summed E-state index contributed by atoms with van der Waals surface area (Å²) in [4.78, 5) is 8.25. The van der Waals surface area contributed by atoms with Crippen LogP contribution in [-0.4, -0.2) is 37.9 Å². The van der Waals surface area contributed by atoms with Gasteiger partial charge >= 0.3 is 0 Å². The Hall–Kier alpha value is -0.352. The van der Waals surface area contributed by atoms with Crippen molar-refractivity contribution < 1.29 is 59.0 Å². The van der Waals surface area contributed by atoms with Crippen molar-refractivity contribution in [2.24, 2.45) is 0 Å².